The molecular weight excluding hydrogens is 288 g/mol. The van der Waals surface area contributed by atoms with E-state index >= 15 is 0 Å². The highest BCUT2D eigenvalue weighted by atomic mass is 32.2. The molecule has 1 aromatic carbocycles. The first-order valence-electron chi connectivity index (χ1n) is 7.04. The van der Waals surface area contributed by atoms with Crippen LogP contribution in [-0.4, -0.2) is 26.5 Å². The summed E-state index contributed by atoms with van der Waals surface area (Å²) in [7, 11) is -3.47. The predicted octanol–water partition coefficient (Wildman–Crippen LogP) is 0.940. The first-order valence-corrected chi connectivity index (χ1v) is 8.53. The molecule has 6 nitrogen and oxygen atoms in total. The van der Waals surface area contributed by atoms with Crippen LogP contribution < -0.4 is 15.8 Å². The molecule has 1 aliphatic rings. The van der Waals surface area contributed by atoms with Crippen LogP contribution in [0.25, 0.3) is 0 Å². The lowest BCUT2D eigenvalue weighted by atomic mass is 10.2. The second kappa shape index (κ2) is 6.44. The van der Waals surface area contributed by atoms with E-state index in [1.807, 2.05) is 6.07 Å². The van der Waals surface area contributed by atoms with Crippen LogP contribution in [0.4, 0.5) is 0 Å². The number of hydrogen-bond acceptors (Lipinski definition) is 3. The van der Waals surface area contributed by atoms with Gasteiger partial charge in [0.25, 0.3) is 0 Å². The van der Waals surface area contributed by atoms with Gasteiger partial charge >= 0.3 is 0 Å². The fourth-order valence-electron chi connectivity index (χ4n) is 1.85. The zero-order valence-corrected chi connectivity index (χ0v) is 13.2. The minimum atomic E-state index is -3.47. The third-order valence-corrected chi connectivity index (χ3v) is 4.62. The summed E-state index contributed by atoms with van der Waals surface area (Å²) in [5.41, 5.74) is 6.57. The lowest BCUT2D eigenvalue weighted by Gasteiger charge is -2.10. The Balaban J connectivity index is 2.06. The van der Waals surface area contributed by atoms with Gasteiger partial charge in [0.2, 0.25) is 10.0 Å². The summed E-state index contributed by atoms with van der Waals surface area (Å²) in [6, 6.07) is 7.06. The summed E-state index contributed by atoms with van der Waals surface area (Å²) in [5.74, 6) is 0.408. The van der Waals surface area contributed by atoms with Gasteiger partial charge in [0, 0.05) is 12.1 Å². The molecule has 2 rings (SSSR count). The van der Waals surface area contributed by atoms with Gasteiger partial charge in [-0.25, -0.2) is 18.1 Å². The van der Waals surface area contributed by atoms with Gasteiger partial charge in [-0.15, -0.1) is 0 Å². The van der Waals surface area contributed by atoms with Gasteiger partial charge in [-0.1, -0.05) is 12.1 Å². The number of nitrogens with two attached hydrogens (primary N) is 1. The van der Waals surface area contributed by atoms with Gasteiger partial charge in [0.1, 0.15) is 0 Å². The van der Waals surface area contributed by atoms with Crippen LogP contribution in [0.2, 0.25) is 0 Å². The van der Waals surface area contributed by atoms with E-state index in [0.717, 1.165) is 18.4 Å². The molecule has 1 aliphatic carbocycles. The molecule has 0 spiro atoms. The van der Waals surface area contributed by atoms with Crippen molar-refractivity contribution in [3.8, 4) is 0 Å². The average molecular weight is 310 g/mol. The molecule has 4 N–H and O–H groups in total. The molecule has 1 saturated carbocycles. The molecule has 0 amide bonds. The molecule has 21 heavy (non-hydrogen) atoms. The number of sulfonamides is 1. The van der Waals surface area contributed by atoms with E-state index in [9.17, 15) is 8.42 Å². The average Bonchev–Trinajstić information content (AvgIpc) is 3.19. The van der Waals surface area contributed by atoms with E-state index in [1.165, 1.54) is 0 Å². The highest BCUT2D eigenvalue weighted by Crippen LogP contribution is 2.18. The standard InChI is InChI=1S/C14H22N4O2S/c1-10(2)18-21(19,20)13-5-3-4-11(8-13)9-16-14(15)17-12-6-7-12/h3-5,8,10,12,18H,6-7,9H2,1-2H3,(H3,15,16,17). The highest BCUT2D eigenvalue weighted by molar-refractivity contribution is 7.89. The molecule has 0 atom stereocenters. The molecule has 116 valence electrons. The SMILES string of the molecule is CC(C)NS(=O)(=O)c1cccc(CN=C(N)NC2CC2)c1. The zero-order chi connectivity index (χ0) is 15.5. The number of nitrogens with zero attached hydrogens (tertiary/aromatic N) is 1. The number of aliphatic imine (C=N–C) groups is 1. The van der Waals surface area contributed by atoms with Gasteiger partial charge in [0.05, 0.1) is 11.4 Å². The number of nitrogens with one attached hydrogen (secondary N) is 2. The van der Waals surface area contributed by atoms with Crippen molar-refractivity contribution in [2.75, 3.05) is 0 Å². The molecule has 0 saturated heterocycles. The minimum absolute atomic E-state index is 0.143. The van der Waals surface area contributed by atoms with Crippen molar-refractivity contribution < 1.29 is 8.42 Å². The van der Waals surface area contributed by atoms with E-state index in [2.05, 4.69) is 15.0 Å². The lowest BCUT2D eigenvalue weighted by molar-refractivity contribution is 0.569. The zero-order valence-electron chi connectivity index (χ0n) is 12.3. The Bertz CT molecular complexity index is 622. The van der Waals surface area contributed by atoms with E-state index < -0.39 is 10.0 Å². The van der Waals surface area contributed by atoms with Crippen molar-refractivity contribution >= 4 is 16.0 Å². The normalized spacial score (nSPS) is 16.2. The first-order chi connectivity index (χ1) is 9.87. The maximum absolute atomic E-state index is 12.1. The fourth-order valence-corrected chi connectivity index (χ4v) is 3.17. The predicted molar refractivity (Wildman–Crippen MR) is 83.4 cm³/mol. The molecule has 0 aromatic heterocycles. The molecule has 0 aliphatic heterocycles. The van der Waals surface area contributed by atoms with E-state index in [-0.39, 0.29) is 10.9 Å². The number of hydrogen-bond donors (Lipinski definition) is 3. The quantitative estimate of drug-likeness (QED) is 0.538. The first kappa shape index (κ1) is 15.8. The minimum Gasteiger partial charge on any atom is -0.370 e. The molecule has 1 fully saturated rings. The Hall–Kier alpha value is -1.60. The maximum atomic E-state index is 12.1. The van der Waals surface area contributed by atoms with Crippen LogP contribution in [0.1, 0.15) is 32.3 Å². The maximum Gasteiger partial charge on any atom is 0.240 e. The van der Waals surface area contributed by atoms with E-state index in [4.69, 9.17) is 5.73 Å². The van der Waals surface area contributed by atoms with Crippen LogP contribution in [-0.2, 0) is 16.6 Å². The number of rotatable bonds is 6. The van der Waals surface area contributed by atoms with E-state index in [1.54, 1.807) is 32.0 Å². The van der Waals surface area contributed by atoms with Gasteiger partial charge < -0.3 is 11.1 Å². The second-order valence-corrected chi connectivity index (χ2v) is 7.26. The lowest BCUT2D eigenvalue weighted by Crippen LogP contribution is -2.33. The van der Waals surface area contributed by atoms with E-state index in [0.29, 0.717) is 18.5 Å². The van der Waals surface area contributed by atoms with Crippen LogP contribution in [0.15, 0.2) is 34.2 Å². The summed E-state index contributed by atoms with van der Waals surface area (Å²) >= 11 is 0. The van der Waals surface area contributed by atoms with Crippen molar-refractivity contribution in [2.24, 2.45) is 10.7 Å². The van der Waals surface area contributed by atoms with Crippen molar-refractivity contribution in [3.05, 3.63) is 29.8 Å². The largest absolute Gasteiger partial charge is 0.370 e. The van der Waals surface area contributed by atoms with Crippen LogP contribution in [0, 0.1) is 0 Å². The Morgan fingerprint density at radius 1 is 1.43 bits per heavy atom. The van der Waals surface area contributed by atoms with Gasteiger partial charge in [-0.05, 0) is 44.4 Å². The third-order valence-electron chi connectivity index (χ3n) is 2.96. The number of benzene rings is 1. The van der Waals surface area contributed by atoms with Crippen LogP contribution >= 0.6 is 0 Å². The smallest absolute Gasteiger partial charge is 0.240 e. The number of guanidine groups is 1. The van der Waals surface area contributed by atoms with Crippen molar-refractivity contribution in [1.82, 2.24) is 10.0 Å². The summed E-state index contributed by atoms with van der Waals surface area (Å²) in [6.45, 7) is 3.93. The fraction of sp³-hybridized carbons (Fsp3) is 0.500. The van der Waals surface area contributed by atoms with Crippen molar-refractivity contribution in [1.29, 1.82) is 0 Å². The molecule has 7 heteroatoms. The topological polar surface area (TPSA) is 96.6 Å². The molecule has 0 unspecified atom stereocenters. The summed E-state index contributed by atoms with van der Waals surface area (Å²) in [5, 5.41) is 3.09. The van der Waals surface area contributed by atoms with Gasteiger partial charge in [-0.3, -0.25) is 0 Å². The van der Waals surface area contributed by atoms with Crippen LogP contribution in [0.5, 0.6) is 0 Å². The Kier molecular flexibility index (Phi) is 4.84. The van der Waals surface area contributed by atoms with Gasteiger partial charge in [0.15, 0.2) is 5.96 Å². The molecule has 0 bridgehead atoms. The molecule has 0 radical (unpaired) electrons. The Morgan fingerprint density at radius 3 is 2.76 bits per heavy atom. The third kappa shape index (κ3) is 5.02. The van der Waals surface area contributed by atoms with Gasteiger partial charge in [-0.2, -0.15) is 0 Å². The van der Waals surface area contributed by atoms with Crippen LogP contribution in [0.3, 0.4) is 0 Å². The second-order valence-electron chi connectivity index (χ2n) is 5.54. The Labute approximate surface area is 125 Å². The summed E-state index contributed by atoms with van der Waals surface area (Å²) in [4.78, 5) is 4.47. The molecule has 1 aromatic rings. The van der Waals surface area contributed by atoms with Crippen molar-refractivity contribution in [2.45, 2.75) is 50.2 Å². The monoisotopic (exact) mass is 310 g/mol. The summed E-state index contributed by atoms with van der Waals surface area (Å²) < 4.78 is 26.8. The highest BCUT2D eigenvalue weighted by Gasteiger charge is 2.21. The Morgan fingerprint density at radius 2 is 2.14 bits per heavy atom. The molecule has 0 heterocycles. The summed E-state index contributed by atoms with van der Waals surface area (Å²) in [6.07, 6.45) is 2.26. The molecular formula is C14H22N4O2S. The van der Waals surface area contributed by atoms with Crippen molar-refractivity contribution in [3.63, 3.8) is 0 Å².